The molecule has 1 aliphatic rings. The molecule has 1 aromatic rings. The van der Waals surface area contributed by atoms with Gasteiger partial charge in [-0.3, -0.25) is 0 Å². The molecule has 0 fully saturated rings. The largest absolute Gasteiger partial charge is 0.493 e. The van der Waals surface area contributed by atoms with Crippen LogP contribution in [0.2, 0.25) is 0 Å². The summed E-state index contributed by atoms with van der Waals surface area (Å²) in [4.78, 5) is 1.56. The van der Waals surface area contributed by atoms with Crippen molar-refractivity contribution in [3.05, 3.63) is 35.9 Å². The molecule has 0 aliphatic carbocycles. The van der Waals surface area contributed by atoms with Gasteiger partial charge in [0.2, 0.25) is 0 Å². The number of rotatable bonds is 4. The van der Waals surface area contributed by atoms with Gasteiger partial charge in [-0.25, -0.2) is 0 Å². The fourth-order valence-electron chi connectivity index (χ4n) is 2.75. The van der Waals surface area contributed by atoms with Crippen LogP contribution in [0.5, 0.6) is 11.5 Å². The first-order valence-corrected chi connectivity index (χ1v) is 6.41. The molecule has 98 valence electrons. The Balaban J connectivity index is 2.38. The fraction of sp³-hybridized carbons (Fsp3) is 0.467. The van der Waals surface area contributed by atoms with E-state index in [0.717, 1.165) is 31.0 Å². The average molecular weight is 248 g/mol. The van der Waals surface area contributed by atoms with Crippen molar-refractivity contribution in [2.45, 2.75) is 19.4 Å². The molecule has 0 saturated carbocycles. The summed E-state index contributed by atoms with van der Waals surface area (Å²) in [6.45, 7) is 8.26. The zero-order chi connectivity index (χ0) is 13.1. The summed E-state index contributed by atoms with van der Waals surface area (Å²) in [6.07, 6.45) is 3.08. The molecule has 1 N–H and O–H groups in total. The van der Waals surface area contributed by atoms with Crippen LogP contribution in [-0.4, -0.2) is 27.3 Å². The van der Waals surface area contributed by atoms with E-state index in [1.54, 1.807) is 19.1 Å². The molecule has 3 heteroatoms. The van der Waals surface area contributed by atoms with Gasteiger partial charge < -0.3 is 14.4 Å². The highest BCUT2D eigenvalue weighted by molar-refractivity contribution is 5.48. The third-order valence-electron chi connectivity index (χ3n) is 3.85. The van der Waals surface area contributed by atoms with Gasteiger partial charge in [0, 0.05) is 12.0 Å². The Labute approximate surface area is 109 Å². The van der Waals surface area contributed by atoms with Crippen molar-refractivity contribution in [2.75, 3.05) is 27.3 Å². The van der Waals surface area contributed by atoms with Gasteiger partial charge in [0.15, 0.2) is 11.5 Å². The van der Waals surface area contributed by atoms with E-state index in [1.807, 2.05) is 6.08 Å². The van der Waals surface area contributed by atoms with E-state index < -0.39 is 0 Å². The Morgan fingerprint density at radius 2 is 2.00 bits per heavy atom. The number of methoxy groups -OCH3 is 2. The van der Waals surface area contributed by atoms with Crippen molar-refractivity contribution in [2.24, 2.45) is 0 Å². The lowest BCUT2D eigenvalue weighted by Gasteiger charge is -2.32. The molecule has 1 unspecified atom stereocenters. The maximum atomic E-state index is 5.39. The number of hydrogen-bond acceptors (Lipinski definition) is 2. The predicted molar refractivity (Wildman–Crippen MR) is 72.6 cm³/mol. The highest BCUT2D eigenvalue weighted by Gasteiger charge is 2.28. The standard InChI is InChI=1S/C15H21NO2/c1-5-7-16-8-6-12-9-14(17-3)15(18-4)10-13(12)11(16)2/h5,9-11H,1,6-8H2,2-4H3/p+1/t11-/m0/s1. The third kappa shape index (κ3) is 2.23. The van der Waals surface area contributed by atoms with Gasteiger partial charge in [-0.2, -0.15) is 0 Å². The van der Waals surface area contributed by atoms with Crippen molar-refractivity contribution in [3.63, 3.8) is 0 Å². The molecule has 2 atom stereocenters. The van der Waals surface area contributed by atoms with Crippen LogP contribution in [0.3, 0.4) is 0 Å². The van der Waals surface area contributed by atoms with Gasteiger partial charge in [-0.1, -0.05) is 6.58 Å². The van der Waals surface area contributed by atoms with E-state index in [4.69, 9.17) is 9.47 Å². The Morgan fingerprint density at radius 1 is 1.33 bits per heavy atom. The van der Waals surface area contributed by atoms with Crippen LogP contribution in [0.1, 0.15) is 24.1 Å². The van der Waals surface area contributed by atoms with Crippen LogP contribution in [0.4, 0.5) is 0 Å². The summed E-state index contributed by atoms with van der Waals surface area (Å²) in [5, 5.41) is 0. The van der Waals surface area contributed by atoms with Crippen molar-refractivity contribution in [1.82, 2.24) is 0 Å². The summed E-state index contributed by atoms with van der Waals surface area (Å²) in [7, 11) is 3.37. The molecule has 2 rings (SSSR count). The fourth-order valence-corrected chi connectivity index (χ4v) is 2.75. The van der Waals surface area contributed by atoms with Crippen LogP contribution in [-0.2, 0) is 6.42 Å². The maximum Gasteiger partial charge on any atom is 0.161 e. The second kappa shape index (κ2) is 5.44. The van der Waals surface area contributed by atoms with Gasteiger partial charge >= 0.3 is 0 Å². The van der Waals surface area contributed by atoms with Crippen LogP contribution in [0, 0.1) is 0 Å². The molecule has 18 heavy (non-hydrogen) atoms. The summed E-state index contributed by atoms with van der Waals surface area (Å²) >= 11 is 0. The van der Waals surface area contributed by atoms with Gasteiger partial charge in [-0.05, 0) is 30.7 Å². The SMILES string of the molecule is C=CC[NH+]1CCc2cc(OC)c(OC)cc2[C@@H]1C. The monoisotopic (exact) mass is 248 g/mol. The molecular weight excluding hydrogens is 226 g/mol. The molecule has 3 nitrogen and oxygen atoms in total. The Morgan fingerprint density at radius 3 is 2.61 bits per heavy atom. The van der Waals surface area contributed by atoms with E-state index in [0.29, 0.717) is 6.04 Å². The lowest BCUT2D eigenvalue weighted by atomic mass is 9.93. The first-order valence-electron chi connectivity index (χ1n) is 6.41. The first kappa shape index (κ1) is 13.0. The highest BCUT2D eigenvalue weighted by Crippen LogP contribution is 2.33. The zero-order valence-electron chi connectivity index (χ0n) is 11.5. The summed E-state index contributed by atoms with van der Waals surface area (Å²) in [5.74, 6) is 1.65. The molecule has 0 spiro atoms. The first-order chi connectivity index (χ1) is 8.71. The number of nitrogens with one attached hydrogen (secondary N) is 1. The van der Waals surface area contributed by atoms with Crippen LogP contribution < -0.4 is 14.4 Å². The number of benzene rings is 1. The second-order valence-electron chi connectivity index (χ2n) is 4.78. The Hall–Kier alpha value is -1.48. The van der Waals surface area contributed by atoms with Crippen LogP contribution in [0.15, 0.2) is 24.8 Å². The van der Waals surface area contributed by atoms with Gasteiger partial charge in [0.1, 0.15) is 6.04 Å². The molecule has 1 heterocycles. The number of quaternary nitrogens is 1. The number of fused-ring (bicyclic) bond motifs is 1. The average Bonchev–Trinajstić information content (AvgIpc) is 2.41. The van der Waals surface area contributed by atoms with Crippen molar-refractivity contribution in [3.8, 4) is 11.5 Å². The lowest BCUT2D eigenvalue weighted by molar-refractivity contribution is -0.926. The van der Waals surface area contributed by atoms with E-state index in [-0.39, 0.29) is 0 Å². The number of hydrogen-bond donors (Lipinski definition) is 1. The summed E-state index contributed by atoms with van der Waals surface area (Å²) in [5.41, 5.74) is 2.75. The zero-order valence-corrected chi connectivity index (χ0v) is 11.5. The number of ether oxygens (including phenoxy) is 2. The van der Waals surface area contributed by atoms with E-state index in [2.05, 4.69) is 25.6 Å². The maximum absolute atomic E-state index is 5.39. The highest BCUT2D eigenvalue weighted by atomic mass is 16.5. The predicted octanol–water partition coefficient (Wildman–Crippen LogP) is 1.39. The van der Waals surface area contributed by atoms with Crippen LogP contribution in [0.25, 0.3) is 0 Å². The summed E-state index contributed by atoms with van der Waals surface area (Å²) in [6, 6.07) is 4.72. The Kier molecular flexibility index (Phi) is 3.92. The Bertz CT molecular complexity index is 442. The molecule has 0 amide bonds. The molecule has 1 aromatic carbocycles. The quantitative estimate of drug-likeness (QED) is 0.814. The minimum atomic E-state index is 0.478. The molecule has 0 saturated heterocycles. The molecule has 0 radical (unpaired) electrons. The van der Waals surface area contributed by atoms with E-state index in [1.165, 1.54) is 11.1 Å². The molecular formula is C15H22NO2+. The smallest absolute Gasteiger partial charge is 0.161 e. The lowest BCUT2D eigenvalue weighted by Crippen LogP contribution is -3.12. The minimum Gasteiger partial charge on any atom is -0.493 e. The molecule has 0 aromatic heterocycles. The molecule has 0 bridgehead atoms. The summed E-state index contributed by atoms with van der Waals surface area (Å²) < 4.78 is 10.8. The van der Waals surface area contributed by atoms with E-state index >= 15 is 0 Å². The van der Waals surface area contributed by atoms with Crippen molar-refractivity contribution >= 4 is 0 Å². The van der Waals surface area contributed by atoms with Crippen molar-refractivity contribution in [1.29, 1.82) is 0 Å². The van der Waals surface area contributed by atoms with Crippen molar-refractivity contribution < 1.29 is 14.4 Å². The van der Waals surface area contributed by atoms with E-state index in [9.17, 15) is 0 Å². The normalized spacial score (nSPS) is 22.2. The topological polar surface area (TPSA) is 22.9 Å². The van der Waals surface area contributed by atoms with Gasteiger partial charge in [-0.15, -0.1) is 0 Å². The minimum absolute atomic E-state index is 0.478. The third-order valence-corrected chi connectivity index (χ3v) is 3.85. The molecule has 1 aliphatic heterocycles. The van der Waals surface area contributed by atoms with Crippen LogP contribution >= 0.6 is 0 Å². The second-order valence-corrected chi connectivity index (χ2v) is 4.78. The van der Waals surface area contributed by atoms with Gasteiger partial charge in [0.05, 0.1) is 27.3 Å². The van der Waals surface area contributed by atoms with Gasteiger partial charge in [0.25, 0.3) is 0 Å².